The monoisotopic (exact) mass is 260 g/mol. The number of nitrogens with one attached hydrogen (secondary N) is 1. The van der Waals surface area contributed by atoms with Gasteiger partial charge in [-0.25, -0.2) is 0 Å². The van der Waals surface area contributed by atoms with Crippen molar-refractivity contribution in [2.45, 2.75) is 6.92 Å². The van der Waals surface area contributed by atoms with Crippen LogP contribution in [0.5, 0.6) is 5.75 Å². The molecule has 0 aliphatic heterocycles. The van der Waals surface area contributed by atoms with Crippen LogP contribution in [-0.4, -0.2) is 22.8 Å². The van der Waals surface area contributed by atoms with Crippen LogP contribution in [0.2, 0.25) is 0 Å². The van der Waals surface area contributed by atoms with Gasteiger partial charge in [-0.05, 0) is 25.1 Å². The molecular weight excluding hydrogens is 244 g/mol. The molecule has 0 aliphatic rings. The molecule has 2 aromatic rings. The Kier molecular flexibility index (Phi) is 3.41. The summed E-state index contributed by atoms with van der Waals surface area (Å²) >= 11 is 0. The Bertz CT molecular complexity index is 619. The van der Waals surface area contributed by atoms with Gasteiger partial charge >= 0.3 is 0 Å². The van der Waals surface area contributed by atoms with Crippen LogP contribution >= 0.6 is 0 Å². The average Bonchev–Trinajstić information content (AvgIpc) is 2.65. The highest BCUT2D eigenvalue weighted by Crippen LogP contribution is 2.22. The van der Waals surface area contributed by atoms with Crippen LogP contribution in [0.4, 0.5) is 11.5 Å². The molecule has 0 unspecified atom stereocenters. The number of nitrogen functional groups attached to an aromatic ring is 1. The van der Waals surface area contributed by atoms with E-state index in [0.717, 1.165) is 0 Å². The van der Waals surface area contributed by atoms with Crippen LogP contribution in [0.3, 0.4) is 0 Å². The fraction of sp³-hybridized carbons (Fsp3) is 0.231. The number of carbonyl (C=O) groups excluding carboxylic acids is 1. The molecule has 1 heterocycles. The van der Waals surface area contributed by atoms with Gasteiger partial charge in [0.2, 0.25) is 0 Å². The quantitative estimate of drug-likeness (QED) is 0.877. The lowest BCUT2D eigenvalue weighted by Gasteiger charge is -2.07. The van der Waals surface area contributed by atoms with E-state index >= 15 is 0 Å². The van der Waals surface area contributed by atoms with Crippen molar-refractivity contribution in [2.75, 3.05) is 18.2 Å². The third-order valence-corrected chi connectivity index (χ3v) is 2.83. The number of aryl methyl sites for hydroxylation is 2. The summed E-state index contributed by atoms with van der Waals surface area (Å²) in [5, 5.41) is 6.89. The zero-order valence-electron chi connectivity index (χ0n) is 11.1. The largest absolute Gasteiger partial charge is 0.497 e. The maximum absolute atomic E-state index is 12.1. The number of methoxy groups -OCH3 is 1. The molecule has 0 fully saturated rings. The first-order valence-corrected chi connectivity index (χ1v) is 5.77. The molecule has 0 bridgehead atoms. The highest BCUT2D eigenvalue weighted by atomic mass is 16.5. The summed E-state index contributed by atoms with van der Waals surface area (Å²) in [6.45, 7) is 1.79. The second-order valence-electron chi connectivity index (χ2n) is 4.16. The van der Waals surface area contributed by atoms with E-state index in [2.05, 4.69) is 10.4 Å². The topological polar surface area (TPSA) is 82.2 Å². The van der Waals surface area contributed by atoms with Crippen molar-refractivity contribution >= 4 is 17.4 Å². The van der Waals surface area contributed by atoms with Crippen molar-refractivity contribution in [3.05, 3.63) is 35.5 Å². The van der Waals surface area contributed by atoms with Gasteiger partial charge < -0.3 is 15.8 Å². The number of hydrogen-bond donors (Lipinski definition) is 2. The molecule has 1 amide bonds. The van der Waals surface area contributed by atoms with Crippen LogP contribution in [0, 0.1) is 6.92 Å². The van der Waals surface area contributed by atoms with E-state index in [9.17, 15) is 4.79 Å². The number of benzene rings is 1. The Labute approximate surface area is 111 Å². The van der Waals surface area contributed by atoms with Gasteiger partial charge in [0, 0.05) is 12.6 Å². The first kappa shape index (κ1) is 12.9. The Morgan fingerprint density at radius 2 is 2.21 bits per heavy atom. The molecule has 0 saturated heterocycles. The van der Waals surface area contributed by atoms with E-state index in [4.69, 9.17) is 10.5 Å². The highest BCUT2D eigenvalue weighted by molar-refractivity contribution is 6.05. The summed E-state index contributed by atoms with van der Waals surface area (Å²) in [7, 11) is 3.28. The zero-order valence-corrected chi connectivity index (χ0v) is 11.1. The van der Waals surface area contributed by atoms with Crippen molar-refractivity contribution in [3.8, 4) is 5.75 Å². The Morgan fingerprint density at radius 1 is 1.47 bits per heavy atom. The third-order valence-electron chi connectivity index (χ3n) is 2.83. The summed E-state index contributed by atoms with van der Waals surface area (Å²) < 4.78 is 6.63. The van der Waals surface area contributed by atoms with Crippen molar-refractivity contribution in [3.63, 3.8) is 0 Å². The number of nitrogens with zero attached hydrogens (tertiary/aromatic N) is 2. The van der Waals surface area contributed by atoms with Crippen LogP contribution in [0.1, 0.15) is 16.1 Å². The van der Waals surface area contributed by atoms with Crippen molar-refractivity contribution in [1.29, 1.82) is 0 Å². The highest BCUT2D eigenvalue weighted by Gasteiger charge is 2.14. The molecule has 19 heavy (non-hydrogen) atoms. The van der Waals surface area contributed by atoms with Crippen LogP contribution in [-0.2, 0) is 7.05 Å². The molecule has 3 N–H and O–H groups in total. The fourth-order valence-corrected chi connectivity index (χ4v) is 1.77. The Balaban J connectivity index is 2.25. The van der Waals surface area contributed by atoms with Crippen molar-refractivity contribution < 1.29 is 9.53 Å². The summed E-state index contributed by atoms with van der Waals surface area (Å²) in [6.07, 6.45) is 0. The minimum absolute atomic E-state index is 0.256. The number of amides is 1. The number of aromatic nitrogens is 2. The molecule has 0 radical (unpaired) electrons. The lowest BCUT2D eigenvalue weighted by atomic mass is 10.2. The third kappa shape index (κ3) is 2.52. The van der Waals surface area contributed by atoms with E-state index in [1.807, 2.05) is 0 Å². The second kappa shape index (κ2) is 5.01. The normalized spacial score (nSPS) is 10.3. The van der Waals surface area contributed by atoms with Crippen LogP contribution in [0.25, 0.3) is 0 Å². The van der Waals surface area contributed by atoms with E-state index < -0.39 is 0 Å². The number of anilines is 2. The molecule has 1 aromatic carbocycles. The summed E-state index contributed by atoms with van der Waals surface area (Å²) in [5.74, 6) is 0.862. The Hall–Kier alpha value is -2.50. The minimum atomic E-state index is -0.256. The number of hydrogen-bond acceptors (Lipinski definition) is 4. The van der Waals surface area contributed by atoms with Gasteiger partial charge in [0.25, 0.3) is 5.91 Å². The molecule has 0 spiro atoms. The second-order valence-corrected chi connectivity index (χ2v) is 4.16. The van der Waals surface area contributed by atoms with E-state index in [0.29, 0.717) is 28.5 Å². The van der Waals surface area contributed by atoms with E-state index in [1.165, 1.54) is 0 Å². The smallest absolute Gasteiger partial charge is 0.257 e. The van der Waals surface area contributed by atoms with Gasteiger partial charge in [-0.15, -0.1) is 0 Å². The van der Waals surface area contributed by atoms with E-state index in [1.54, 1.807) is 50.0 Å². The van der Waals surface area contributed by atoms with Crippen LogP contribution < -0.4 is 15.8 Å². The summed E-state index contributed by atoms with van der Waals surface area (Å²) in [6, 6.07) is 6.90. The zero-order chi connectivity index (χ0) is 14.0. The molecule has 100 valence electrons. The van der Waals surface area contributed by atoms with Gasteiger partial charge in [0.15, 0.2) is 5.82 Å². The predicted octanol–water partition coefficient (Wildman–Crippen LogP) is 1.57. The lowest BCUT2D eigenvalue weighted by Crippen LogP contribution is -2.15. The first-order chi connectivity index (χ1) is 9.02. The van der Waals surface area contributed by atoms with Crippen molar-refractivity contribution in [2.24, 2.45) is 7.05 Å². The minimum Gasteiger partial charge on any atom is -0.497 e. The van der Waals surface area contributed by atoms with Gasteiger partial charge in [-0.3, -0.25) is 9.48 Å². The number of ether oxygens (including phenoxy) is 1. The Morgan fingerprint density at radius 3 is 2.79 bits per heavy atom. The summed E-state index contributed by atoms with van der Waals surface area (Å²) in [4.78, 5) is 12.1. The molecule has 1 aromatic heterocycles. The molecule has 6 nitrogen and oxygen atoms in total. The summed E-state index contributed by atoms with van der Waals surface area (Å²) in [5.41, 5.74) is 7.52. The molecular formula is C13H16N4O2. The predicted molar refractivity (Wildman–Crippen MR) is 73.3 cm³/mol. The van der Waals surface area contributed by atoms with E-state index in [-0.39, 0.29) is 5.91 Å². The average molecular weight is 260 g/mol. The number of carbonyl (C=O) groups is 1. The maximum Gasteiger partial charge on any atom is 0.257 e. The molecule has 0 aliphatic carbocycles. The lowest BCUT2D eigenvalue weighted by molar-refractivity contribution is 0.102. The molecule has 2 rings (SSSR count). The first-order valence-electron chi connectivity index (χ1n) is 5.77. The molecule has 0 saturated carbocycles. The van der Waals surface area contributed by atoms with Crippen molar-refractivity contribution in [1.82, 2.24) is 9.78 Å². The van der Waals surface area contributed by atoms with Gasteiger partial charge in [-0.2, -0.15) is 5.10 Å². The molecule has 6 heteroatoms. The van der Waals surface area contributed by atoms with Gasteiger partial charge in [0.1, 0.15) is 5.75 Å². The number of rotatable bonds is 3. The number of nitrogens with two attached hydrogens (primary N) is 1. The van der Waals surface area contributed by atoms with Crippen LogP contribution in [0.15, 0.2) is 24.3 Å². The van der Waals surface area contributed by atoms with Gasteiger partial charge in [-0.1, -0.05) is 6.07 Å². The SMILES string of the molecule is COc1cccc(C(=O)Nc2c(N)c(C)nn2C)c1. The molecule has 0 atom stereocenters. The maximum atomic E-state index is 12.1. The van der Waals surface area contributed by atoms with Gasteiger partial charge in [0.05, 0.1) is 18.5 Å². The standard InChI is InChI=1S/C13H16N4O2/c1-8-11(14)12(17(2)16-8)15-13(18)9-5-4-6-10(7-9)19-3/h4-7H,14H2,1-3H3,(H,15,18). The fourth-order valence-electron chi connectivity index (χ4n) is 1.77.